The Bertz CT molecular complexity index is 314. The van der Waals surface area contributed by atoms with Gasteiger partial charge in [0, 0.05) is 11.4 Å². The van der Waals surface area contributed by atoms with Crippen LogP contribution in [0.25, 0.3) is 0 Å². The normalized spacial score (nSPS) is 15.3. The number of thioether (sulfide) groups is 1. The monoisotopic (exact) mass is 263 g/mol. The van der Waals surface area contributed by atoms with Gasteiger partial charge >= 0.3 is 0 Å². The first-order chi connectivity index (χ1) is 8.74. The molecule has 0 amide bonds. The van der Waals surface area contributed by atoms with Gasteiger partial charge in [0.15, 0.2) is 0 Å². The van der Waals surface area contributed by atoms with Crippen molar-refractivity contribution in [1.29, 1.82) is 0 Å². The first-order valence-corrected chi connectivity index (χ1v) is 8.15. The molecular weight excluding hydrogens is 238 g/mol. The smallest absolute Gasteiger partial charge is 0.0205 e. The van der Waals surface area contributed by atoms with Crippen LogP contribution in [-0.2, 0) is 6.54 Å². The molecule has 0 unspecified atom stereocenters. The fraction of sp³-hybridized carbons (Fsp3) is 0.625. The summed E-state index contributed by atoms with van der Waals surface area (Å²) in [5.74, 6) is 3.06. The van der Waals surface area contributed by atoms with Gasteiger partial charge in [0.05, 0.1) is 0 Å². The predicted molar refractivity (Wildman–Crippen MR) is 81.1 cm³/mol. The molecule has 0 bridgehead atoms. The summed E-state index contributed by atoms with van der Waals surface area (Å²) in [7, 11) is 0. The highest BCUT2D eigenvalue weighted by molar-refractivity contribution is 7.99. The van der Waals surface area contributed by atoms with Crippen LogP contribution in [0.3, 0.4) is 0 Å². The van der Waals surface area contributed by atoms with E-state index in [4.69, 9.17) is 0 Å². The fourth-order valence-corrected chi connectivity index (χ4v) is 2.97. The van der Waals surface area contributed by atoms with E-state index in [1.165, 1.54) is 35.5 Å². The second-order valence-electron chi connectivity index (χ2n) is 5.75. The molecule has 100 valence electrons. The van der Waals surface area contributed by atoms with E-state index in [0.717, 1.165) is 24.9 Å². The Hall–Kier alpha value is -0.470. The van der Waals surface area contributed by atoms with Crippen LogP contribution >= 0.6 is 11.8 Å². The lowest BCUT2D eigenvalue weighted by Gasteiger charge is -2.08. The zero-order chi connectivity index (χ0) is 12.8. The SMILES string of the molecule is CC(C)CNCc1ccc(SCCC2CC2)cc1. The molecule has 1 saturated carbocycles. The van der Waals surface area contributed by atoms with Crippen molar-refractivity contribution in [2.45, 2.75) is 44.6 Å². The molecule has 0 aliphatic heterocycles. The quantitative estimate of drug-likeness (QED) is 0.701. The standard InChI is InChI=1S/C16H25NS/c1-13(2)11-17-12-15-5-7-16(8-6-15)18-10-9-14-3-4-14/h5-8,13-14,17H,3-4,9-12H2,1-2H3. The van der Waals surface area contributed by atoms with Crippen molar-refractivity contribution in [2.24, 2.45) is 11.8 Å². The second kappa shape index (κ2) is 7.20. The van der Waals surface area contributed by atoms with Crippen molar-refractivity contribution >= 4 is 11.8 Å². The van der Waals surface area contributed by atoms with E-state index < -0.39 is 0 Å². The van der Waals surface area contributed by atoms with Gasteiger partial charge in [-0.2, -0.15) is 0 Å². The van der Waals surface area contributed by atoms with Crippen LogP contribution in [0, 0.1) is 11.8 Å². The van der Waals surface area contributed by atoms with Crippen molar-refractivity contribution < 1.29 is 0 Å². The maximum atomic E-state index is 3.48. The van der Waals surface area contributed by atoms with Crippen molar-refractivity contribution in [1.82, 2.24) is 5.32 Å². The lowest BCUT2D eigenvalue weighted by molar-refractivity contribution is 0.552. The van der Waals surface area contributed by atoms with Gasteiger partial charge in [-0.1, -0.05) is 38.8 Å². The zero-order valence-corrected chi connectivity index (χ0v) is 12.4. The third-order valence-electron chi connectivity index (χ3n) is 3.30. The maximum absolute atomic E-state index is 3.48. The maximum Gasteiger partial charge on any atom is 0.0205 e. The van der Waals surface area contributed by atoms with Crippen LogP contribution in [0.5, 0.6) is 0 Å². The Kier molecular flexibility index (Phi) is 5.58. The second-order valence-corrected chi connectivity index (χ2v) is 6.92. The van der Waals surface area contributed by atoms with Crippen LogP contribution in [0.4, 0.5) is 0 Å². The number of rotatable bonds is 8. The molecule has 18 heavy (non-hydrogen) atoms. The summed E-state index contributed by atoms with van der Waals surface area (Å²) in [6.07, 6.45) is 4.35. The Morgan fingerprint density at radius 2 is 1.94 bits per heavy atom. The summed E-state index contributed by atoms with van der Waals surface area (Å²) in [6.45, 7) is 6.57. The number of hydrogen-bond donors (Lipinski definition) is 1. The predicted octanol–water partition coefficient (Wildman–Crippen LogP) is 4.32. The Balaban J connectivity index is 1.67. The highest BCUT2D eigenvalue weighted by atomic mass is 32.2. The molecule has 0 heterocycles. The van der Waals surface area contributed by atoms with Crippen LogP contribution < -0.4 is 5.32 Å². The molecule has 2 rings (SSSR count). The molecular formula is C16H25NS. The van der Waals surface area contributed by atoms with E-state index >= 15 is 0 Å². The van der Waals surface area contributed by atoms with Gasteiger partial charge in [0.2, 0.25) is 0 Å². The largest absolute Gasteiger partial charge is 0.312 e. The Morgan fingerprint density at radius 3 is 2.56 bits per heavy atom. The minimum atomic E-state index is 0.724. The molecule has 1 aliphatic carbocycles. The van der Waals surface area contributed by atoms with E-state index in [1.807, 2.05) is 11.8 Å². The van der Waals surface area contributed by atoms with Gasteiger partial charge in [-0.05, 0) is 48.3 Å². The van der Waals surface area contributed by atoms with E-state index in [2.05, 4.69) is 43.4 Å². The van der Waals surface area contributed by atoms with Crippen LogP contribution in [0.1, 0.15) is 38.7 Å². The summed E-state index contributed by atoms with van der Waals surface area (Å²) in [6, 6.07) is 9.05. The fourth-order valence-electron chi connectivity index (χ4n) is 1.96. The van der Waals surface area contributed by atoms with E-state index in [9.17, 15) is 0 Å². The molecule has 0 spiro atoms. The molecule has 0 aromatic heterocycles. The molecule has 1 aliphatic rings. The minimum Gasteiger partial charge on any atom is -0.312 e. The minimum absolute atomic E-state index is 0.724. The van der Waals surface area contributed by atoms with Crippen molar-refractivity contribution in [2.75, 3.05) is 12.3 Å². The molecule has 1 fully saturated rings. The molecule has 0 saturated heterocycles. The summed E-state index contributed by atoms with van der Waals surface area (Å²) in [5, 5.41) is 3.48. The summed E-state index contributed by atoms with van der Waals surface area (Å²) < 4.78 is 0. The average Bonchev–Trinajstić information content (AvgIpc) is 3.15. The van der Waals surface area contributed by atoms with Gasteiger partial charge in [0.1, 0.15) is 0 Å². The van der Waals surface area contributed by atoms with Gasteiger partial charge in [-0.15, -0.1) is 11.8 Å². The third kappa shape index (κ3) is 5.45. The highest BCUT2D eigenvalue weighted by Gasteiger charge is 2.20. The van der Waals surface area contributed by atoms with Crippen LogP contribution in [-0.4, -0.2) is 12.3 Å². The molecule has 1 nitrogen and oxygen atoms in total. The van der Waals surface area contributed by atoms with E-state index in [-0.39, 0.29) is 0 Å². The molecule has 0 radical (unpaired) electrons. The number of benzene rings is 1. The average molecular weight is 263 g/mol. The molecule has 1 N–H and O–H groups in total. The molecule has 0 atom stereocenters. The Morgan fingerprint density at radius 1 is 1.22 bits per heavy atom. The lowest BCUT2D eigenvalue weighted by atomic mass is 10.2. The van der Waals surface area contributed by atoms with Crippen LogP contribution in [0.2, 0.25) is 0 Å². The topological polar surface area (TPSA) is 12.0 Å². The molecule has 2 heteroatoms. The van der Waals surface area contributed by atoms with Crippen LogP contribution in [0.15, 0.2) is 29.2 Å². The number of hydrogen-bond acceptors (Lipinski definition) is 2. The highest BCUT2D eigenvalue weighted by Crippen LogP contribution is 2.34. The summed E-state index contributed by atoms with van der Waals surface area (Å²) in [5.41, 5.74) is 1.39. The lowest BCUT2D eigenvalue weighted by Crippen LogP contribution is -2.18. The Labute approximate surface area is 116 Å². The summed E-state index contributed by atoms with van der Waals surface area (Å²) in [4.78, 5) is 1.42. The van der Waals surface area contributed by atoms with E-state index in [0.29, 0.717) is 0 Å². The summed E-state index contributed by atoms with van der Waals surface area (Å²) >= 11 is 2.01. The van der Waals surface area contributed by atoms with E-state index in [1.54, 1.807) is 0 Å². The van der Waals surface area contributed by atoms with Crippen molar-refractivity contribution in [3.8, 4) is 0 Å². The zero-order valence-electron chi connectivity index (χ0n) is 11.6. The van der Waals surface area contributed by atoms with Gasteiger partial charge in [0.25, 0.3) is 0 Å². The first kappa shape index (κ1) is 14.0. The third-order valence-corrected chi connectivity index (χ3v) is 4.34. The van der Waals surface area contributed by atoms with Crippen molar-refractivity contribution in [3.05, 3.63) is 29.8 Å². The molecule has 1 aromatic carbocycles. The molecule has 1 aromatic rings. The van der Waals surface area contributed by atoms with Gasteiger partial charge in [-0.25, -0.2) is 0 Å². The van der Waals surface area contributed by atoms with Gasteiger partial charge < -0.3 is 5.32 Å². The first-order valence-electron chi connectivity index (χ1n) is 7.16. The van der Waals surface area contributed by atoms with Crippen molar-refractivity contribution in [3.63, 3.8) is 0 Å². The van der Waals surface area contributed by atoms with Gasteiger partial charge in [-0.3, -0.25) is 0 Å². The number of nitrogens with one attached hydrogen (secondary N) is 1.